The second kappa shape index (κ2) is 10.6. The summed E-state index contributed by atoms with van der Waals surface area (Å²) in [6, 6.07) is 17.5. The van der Waals surface area contributed by atoms with Crippen LogP contribution >= 0.6 is 0 Å². The molecule has 1 unspecified atom stereocenters. The van der Waals surface area contributed by atoms with Crippen LogP contribution in [0.15, 0.2) is 60.7 Å². The quantitative estimate of drug-likeness (QED) is 0.550. The molecule has 2 aromatic carbocycles. The largest absolute Gasteiger partial charge is 0.465 e. The molecule has 2 amide bonds. The first-order valence-electron chi connectivity index (χ1n) is 11.9. The average Bonchev–Trinajstić information content (AvgIpc) is 3.09. The Morgan fingerprint density at radius 2 is 1.56 bits per heavy atom. The van der Waals surface area contributed by atoms with E-state index in [0.717, 1.165) is 11.1 Å². The lowest BCUT2D eigenvalue weighted by Gasteiger charge is -2.42. The molecule has 7 heteroatoms. The summed E-state index contributed by atoms with van der Waals surface area (Å²) in [5, 5.41) is 25.0. The van der Waals surface area contributed by atoms with Crippen molar-refractivity contribution < 1.29 is 19.8 Å². The first kappa shape index (κ1) is 25.7. The van der Waals surface area contributed by atoms with Gasteiger partial charge in [-0.1, -0.05) is 74.5 Å². The maximum Gasteiger partial charge on any atom is 0.408 e. The van der Waals surface area contributed by atoms with Crippen LogP contribution in [0, 0.1) is 5.92 Å². The minimum Gasteiger partial charge on any atom is -0.465 e. The van der Waals surface area contributed by atoms with Crippen LogP contribution in [0.3, 0.4) is 0 Å². The monoisotopic (exact) mass is 467 g/mol. The molecule has 0 bridgehead atoms. The molecule has 1 fully saturated rings. The molecule has 1 aliphatic rings. The molecule has 0 aliphatic carbocycles. The Labute approximate surface area is 202 Å². The number of rotatable bonds is 8. The molecule has 4 atom stereocenters. The minimum atomic E-state index is -1.23. The summed E-state index contributed by atoms with van der Waals surface area (Å²) in [4.78, 5) is 29.0. The first-order valence-corrected chi connectivity index (χ1v) is 11.9. The average molecular weight is 468 g/mol. The van der Waals surface area contributed by atoms with Crippen molar-refractivity contribution in [2.75, 3.05) is 0 Å². The van der Waals surface area contributed by atoms with E-state index in [1.54, 1.807) is 25.7 Å². The Morgan fingerprint density at radius 3 is 2.03 bits per heavy atom. The summed E-state index contributed by atoms with van der Waals surface area (Å²) in [6.45, 7) is 9.87. The van der Waals surface area contributed by atoms with Gasteiger partial charge in [-0.05, 0) is 44.2 Å². The van der Waals surface area contributed by atoms with Crippen LogP contribution in [0.1, 0.15) is 45.7 Å². The number of hydrogen-bond acceptors (Lipinski definition) is 4. The molecule has 0 saturated carbocycles. The molecule has 3 N–H and O–H groups in total. The van der Waals surface area contributed by atoms with Gasteiger partial charge in [-0.15, -0.1) is 0 Å². The molecule has 7 nitrogen and oxygen atoms in total. The minimum absolute atomic E-state index is 0.107. The summed E-state index contributed by atoms with van der Waals surface area (Å²) < 4.78 is 0. The molecule has 0 spiro atoms. The van der Waals surface area contributed by atoms with E-state index < -0.39 is 29.8 Å². The first-order chi connectivity index (χ1) is 16.0. The van der Waals surface area contributed by atoms with Crippen molar-refractivity contribution in [2.45, 2.75) is 77.5 Å². The lowest BCUT2D eigenvalue weighted by Crippen LogP contribution is -2.61. The zero-order valence-electron chi connectivity index (χ0n) is 20.7. The van der Waals surface area contributed by atoms with Gasteiger partial charge in [-0.3, -0.25) is 15.0 Å². The van der Waals surface area contributed by atoms with E-state index in [4.69, 9.17) is 0 Å². The van der Waals surface area contributed by atoms with Crippen molar-refractivity contribution in [1.29, 1.82) is 0 Å². The number of benzene rings is 2. The third kappa shape index (κ3) is 5.77. The molecular weight excluding hydrogens is 430 g/mol. The summed E-state index contributed by atoms with van der Waals surface area (Å²) >= 11 is 0. The van der Waals surface area contributed by atoms with Crippen molar-refractivity contribution in [2.24, 2.45) is 5.92 Å². The highest BCUT2D eigenvalue weighted by molar-refractivity contribution is 5.85. The fourth-order valence-electron chi connectivity index (χ4n) is 4.78. The lowest BCUT2D eigenvalue weighted by atomic mass is 9.91. The third-order valence-electron chi connectivity index (χ3n) is 6.35. The number of nitrogens with zero attached hydrogens (tertiary/aromatic N) is 2. The molecule has 3 rings (SSSR count). The number of carbonyl (C=O) groups excluding carboxylic acids is 1. The van der Waals surface area contributed by atoms with Crippen molar-refractivity contribution >= 4 is 12.0 Å². The highest BCUT2D eigenvalue weighted by Gasteiger charge is 2.48. The van der Waals surface area contributed by atoms with Crippen LogP contribution in [-0.2, 0) is 17.8 Å². The summed E-state index contributed by atoms with van der Waals surface area (Å²) in [5.41, 5.74) is 1.13. The molecule has 1 aliphatic heterocycles. The van der Waals surface area contributed by atoms with Gasteiger partial charge in [0, 0.05) is 12.1 Å². The van der Waals surface area contributed by atoms with Crippen LogP contribution < -0.4 is 5.32 Å². The van der Waals surface area contributed by atoms with E-state index in [-0.39, 0.29) is 18.0 Å². The van der Waals surface area contributed by atoms with E-state index >= 15 is 0 Å². The SMILES string of the molecule is CC(C)C1N[C@@H]([C@@H](O)[C@H](Cc2ccccc2)N(C(=O)O)C(C)(C)C)C(=O)N1Cc1ccccc1. The Kier molecular flexibility index (Phi) is 8.00. The van der Waals surface area contributed by atoms with Crippen molar-refractivity contribution in [3.63, 3.8) is 0 Å². The van der Waals surface area contributed by atoms with Crippen molar-refractivity contribution in [1.82, 2.24) is 15.1 Å². The zero-order valence-corrected chi connectivity index (χ0v) is 20.7. The van der Waals surface area contributed by atoms with Gasteiger partial charge in [0.2, 0.25) is 5.91 Å². The number of amides is 2. The van der Waals surface area contributed by atoms with Crippen LogP contribution in [-0.4, -0.2) is 61.9 Å². The van der Waals surface area contributed by atoms with E-state index in [1.165, 1.54) is 4.90 Å². The van der Waals surface area contributed by atoms with Gasteiger partial charge in [-0.25, -0.2) is 4.79 Å². The lowest BCUT2D eigenvalue weighted by molar-refractivity contribution is -0.134. The summed E-state index contributed by atoms with van der Waals surface area (Å²) in [6.07, 6.45) is -2.33. The topological polar surface area (TPSA) is 93.1 Å². The fraction of sp³-hybridized carbons (Fsp3) is 0.481. The molecule has 0 radical (unpaired) electrons. The Balaban J connectivity index is 1.94. The van der Waals surface area contributed by atoms with E-state index in [9.17, 15) is 19.8 Å². The number of nitrogens with one attached hydrogen (secondary N) is 1. The van der Waals surface area contributed by atoms with Gasteiger partial charge in [0.1, 0.15) is 6.04 Å². The van der Waals surface area contributed by atoms with Gasteiger partial charge in [0.15, 0.2) is 0 Å². The third-order valence-corrected chi connectivity index (χ3v) is 6.35. The maximum absolute atomic E-state index is 13.6. The van der Waals surface area contributed by atoms with E-state index in [2.05, 4.69) is 5.32 Å². The second-order valence-electron chi connectivity index (χ2n) is 10.4. The predicted octanol–water partition coefficient (Wildman–Crippen LogP) is 3.72. The Hall–Kier alpha value is -2.90. The summed E-state index contributed by atoms with van der Waals surface area (Å²) in [7, 11) is 0. The van der Waals surface area contributed by atoms with Gasteiger partial charge in [0.25, 0.3) is 0 Å². The number of carboxylic acid groups (broad SMARTS) is 1. The molecule has 34 heavy (non-hydrogen) atoms. The second-order valence-corrected chi connectivity index (χ2v) is 10.4. The van der Waals surface area contributed by atoms with E-state index in [0.29, 0.717) is 13.0 Å². The molecule has 1 saturated heterocycles. The molecular formula is C27H37N3O4. The number of carbonyl (C=O) groups is 2. The van der Waals surface area contributed by atoms with Crippen LogP contribution in [0.25, 0.3) is 0 Å². The van der Waals surface area contributed by atoms with Gasteiger partial charge < -0.3 is 15.1 Å². The van der Waals surface area contributed by atoms with Crippen LogP contribution in [0.4, 0.5) is 4.79 Å². The maximum atomic E-state index is 13.6. The number of aliphatic hydroxyl groups excluding tert-OH is 1. The highest BCUT2D eigenvalue weighted by atomic mass is 16.4. The van der Waals surface area contributed by atoms with Crippen LogP contribution in [0.5, 0.6) is 0 Å². The Bertz CT molecular complexity index is 959. The van der Waals surface area contributed by atoms with E-state index in [1.807, 2.05) is 74.5 Å². The van der Waals surface area contributed by atoms with Crippen molar-refractivity contribution in [3.8, 4) is 0 Å². The smallest absolute Gasteiger partial charge is 0.408 e. The molecule has 2 aromatic rings. The fourth-order valence-corrected chi connectivity index (χ4v) is 4.78. The Morgan fingerprint density at radius 1 is 1.03 bits per heavy atom. The molecule has 1 heterocycles. The van der Waals surface area contributed by atoms with Crippen LogP contribution in [0.2, 0.25) is 0 Å². The number of aliphatic hydroxyl groups is 1. The standard InChI is InChI=1S/C27H37N3O4/c1-18(2)24-28-22(25(32)29(24)17-20-14-10-7-11-15-20)23(31)21(16-19-12-8-6-9-13-19)30(26(33)34)27(3,4)5/h6-15,18,21-24,28,31H,16-17H2,1-5H3,(H,33,34)/t21-,22-,23-,24?/m0/s1. The van der Waals surface area contributed by atoms with Gasteiger partial charge in [-0.2, -0.15) is 0 Å². The van der Waals surface area contributed by atoms with Crippen molar-refractivity contribution in [3.05, 3.63) is 71.8 Å². The molecule has 0 aromatic heterocycles. The molecule has 184 valence electrons. The summed E-state index contributed by atoms with van der Waals surface area (Å²) in [5.74, 6) is -0.108. The number of hydrogen-bond donors (Lipinski definition) is 3. The normalized spacial score (nSPS) is 20.4. The predicted molar refractivity (Wildman–Crippen MR) is 132 cm³/mol. The highest BCUT2D eigenvalue weighted by Crippen LogP contribution is 2.28. The zero-order chi connectivity index (χ0) is 25.0. The van der Waals surface area contributed by atoms with Gasteiger partial charge in [0.05, 0.1) is 18.3 Å². The van der Waals surface area contributed by atoms with Gasteiger partial charge >= 0.3 is 6.09 Å².